The number of hydrogen-bond donors (Lipinski definition) is 2. The van der Waals surface area contributed by atoms with Gasteiger partial charge in [0.1, 0.15) is 5.52 Å². The van der Waals surface area contributed by atoms with Crippen molar-refractivity contribution in [3.63, 3.8) is 0 Å². The minimum atomic E-state index is -0.460. The molecule has 2 N–H and O–H groups in total. The predicted molar refractivity (Wildman–Crippen MR) is 52.3 cm³/mol. The van der Waals surface area contributed by atoms with E-state index in [1.807, 2.05) is 13.1 Å². The number of aromatic amines is 1. The van der Waals surface area contributed by atoms with Crippen LogP contribution in [0.4, 0.5) is 0 Å². The van der Waals surface area contributed by atoms with Crippen LogP contribution in [0.2, 0.25) is 0 Å². The lowest BCUT2D eigenvalue weighted by atomic mass is 10.2. The summed E-state index contributed by atoms with van der Waals surface area (Å²) in [6, 6.07) is 1.88. The molecule has 0 aliphatic rings. The average Bonchev–Trinajstić information content (AvgIpc) is 2.54. The van der Waals surface area contributed by atoms with Crippen molar-refractivity contribution in [2.75, 3.05) is 13.6 Å². The number of H-pyrrole nitrogens is 1. The quantitative estimate of drug-likeness (QED) is 0.734. The summed E-state index contributed by atoms with van der Waals surface area (Å²) >= 11 is 0. The summed E-state index contributed by atoms with van der Waals surface area (Å²) in [6.45, 7) is 0.884. The fourth-order valence-electron chi connectivity index (χ4n) is 1.30. The van der Waals surface area contributed by atoms with Gasteiger partial charge in [0.25, 0.3) is 0 Å². The summed E-state index contributed by atoms with van der Waals surface area (Å²) < 4.78 is 4.79. The molecule has 0 fully saturated rings. The van der Waals surface area contributed by atoms with E-state index in [9.17, 15) is 4.79 Å². The van der Waals surface area contributed by atoms with Crippen LogP contribution in [-0.2, 0) is 6.42 Å². The summed E-state index contributed by atoms with van der Waals surface area (Å²) in [5, 5.41) is 3.05. The van der Waals surface area contributed by atoms with E-state index in [0.717, 1.165) is 18.5 Å². The van der Waals surface area contributed by atoms with E-state index in [4.69, 9.17) is 4.42 Å². The average molecular weight is 193 g/mol. The molecule has 0 saturated heterocycles. The molecule has 5 nitrogen and oxygen atoms in total. The monoisotopic (exact) mass is 193 g/mol. The van der Waals surface area contributed by atoms with E-state index in [1.54, 1.807) is 6.20 Å². The molecular formula is C9H11N3O2. The molecule has 2 heterocycles. The Morgan fingerprint density at radius 2 is 2.50 bits per heavy atom. The van der Waals surface area contributed by atoms with Gasteiger partial charge in [-0.15, -0.1) is 0 Å². The molecule has 0 aliphatic heterocycles. The summed E-state index contributed by atoms with van der Waals surface area (Å²) in [5.74, 6) is -0.460. The van der Waals surface area contributed by atoms with Crippen LogP contribution >= 0.6 is 0 Å². The van der Waals surface area contributed by atoms with Gasteiger partial charge < -0.3 is 9.73 Å². The smallest absolute Gasteiger partial charge is 0.389 e. The number of aromatic nitrogens is 2. The van der Waals surface area contributed by atoms with Gasteiger partial charge in [-0.25, -0.2) is 9.78 Å². The zero-order valence-electron chi connectivity index (χ0n) is 7.83. The summed E-state index contributed by atoms with van der Waals surface area (Å²) in [4.78, 5) is 17.4. The highest BCUT2D eigenvalue weighted by Gasteiger charge is 2.02. The van der Waals surface area contributed by atoms with Crippen LogP contribution in [0.5, 0.6) is 0 Å². The summed E-state index contributed by atoms with van der Waals surface area (Å²) in [6.07, 6.45) is 2.60. The normalized spacial score (nSPS) is 10.9. The van der Waals surface area contributed by atoms with E-state index in [2.05, 4.69) is 15.3 Å². The number of rotatable bonds is 3. The molecule has 0 aromatic carbocycles. The van der Waals surface area contributed by atoms with Crippen LogP contribution in [0, 0.1) is 0 Å². The van der Waals surface area contributed by atoms with Gasteiger partial charge in [0, 0.05) is 6.20 Å². The minimum absolute atomic E-state index is 0.364. The predicted octanol–water partition coefficient (Wildman–Crippen LogP) is 0.278. The standard InChI is InChI=1S/C9H11N3O2/c1-10-3-2-6-4-7-8(11-5-6)14-9(13)12-7/h4-5,10H,2-3H2,1H3,(H,12,13). The topological polar surface area (TPSA) is 70.9 Å². The highest BCUT2D eigenvalue weighted by Crippen LogP contribution is 2.08. The number of fused-ring (bicyclic) bond motifs is 1. The maximum atomic E-state index is 10.8. The second-order valence-electron chi connectivity index (χ2n) is 3.06. The number of nitrogens with zero attached hydrogens (tertiary/aromatic N) is 1. The van der Waals surface area contributed by atoms with E-state index in [0.29, 0.717) is 11.2 Å². The number of pyridine rings is 1. The summed E-state index contributed by atoms with van der Waals surface area (Å²) in [5.41, 5.74) is 2.09. The lowest BCUT2D eigenvalue weighted by molar-refractivity contribution is 0.545. The first-order chi connectivity index (χ1) is 6.79. The Morgan fingerprint density at radius 1 is 1.64 bits per heavy atom. The molecule has 0 spiro atoms. The van der Waals surface area contributed by atoms with Crippen molar-refractivity contribution in [3.8, 4) is 0 Å². The highest BCUT2D eigenvalue weighted by molar-refractivity contribution is 5.67. The molecule has 14 heavy (non-hydrogen) atoms. The van der Waals surface area contributed by atoms with Gasteiger partial charge in [-0.05, 0) is 31.6 Å². The Kier molecular flexibility index (Phi) is 2.32. The number of nitrogens with one attached hydrogen (secondary N) is 2. The first kappa shape index (κ1) is 8.96. The van der Waals surface area contributed by atoms with Gasteiger partial charge in [-0.1, -0.05) is 0 Å². The lowest BCUT2D eigenvalue weighted by Gasteiger charge is -1.98. The molecule has 74 valence electrons. The van der Waals surface area contributed by atoms with Gasteiger partial charge in [-0.2, -0.15) is 0 Å². The van der Waals surface area contributed by atoms with Crippen molar-refractivity contribution in [1.82, 2.24) is 15.3 Å². The third kappa shape index (κ3) is 1.67. The molecule has 5 heteroatoms. The first-order valence-corrected chi connectivity index (χ1v) is 4.42. The Morgan fingerprint density at radius 3 is 3.29 bits per heavy atom. The van der Waals surface area contributed by atoms with Crippen LogP contribution in [0.15, 0.2) is 21.5 Å². The molecular weight excluding hydrogens is 182 g/mol. The zero-order valence-corrected chi connectivity index (χ0v) is 7.83. The molecule has 2 aromatic heterocycles. The van der Waals surface area contributed by atoms with Crippen LogP contribution in [0.25, 0.3) is 11.2 Å². The second kappa shape index (κ2) is 3.63. The molecule has 2 aromatic rings. The van der Waals surface area contributed by atoms with Gasteiger partial charge in [-0.3, -0.25) is 4.98 Å². The number of oxazole rings is 1. The molecule has 0 bridgehead atoms. The molecule has 0 unspecified atom stereocenters. The Hall–Kier alpha value is -1.62. The van der Waals surface area contributed by atoms with Crippen molar-refractivity contribution in [1.29, 1.82) is 0 Å². The van der Waals surface area contributed by atoms with Crippen LogP contribution in [-0.4, -0.2) is 23.6 Å². The summed E-state index contributed by atoms with van der Waals surface area (Å²) in [7, 11) is 1.89. The first-order valence-electron chi connectivity index (χ1n) is 4.42. The molecule has 2 rings (SSSR count). The maximum absolute atomic E-state index is 10.8. The van der Waals surface area contributed by atoms with Crippen LogP contribution < -0.4 is 11.1 Å². The molecule has 0 radical (unpaired) electrons. The number of likely N-dealkylation sites (N-methyl/N-ethyl adjacent to an activating group) is 1. The van der Waals surface area contributed by atoms with Crippen molar-refractivity contribution in [2.45, 2.75) is 6.42 Å². The largest absolute Gasteiger partial charge is 0.418 e. The fourth-order valence-corrected chi connectivity index (χ4v) is 1.30. The van der Waals surface area contributed by atoms with Gasteiger partial charge >= 0.3 is 5.76 Å². The zero-order chi connectivity index (χ0) is 9.97. The van der Waals surface area contributed by atoms with Crippen molar-refractivity contribution < 1.29 is 4.42 Å². The SMILES string of the molecule is CNCCc1cnc2oc(=O)[nH]c2c1. The lowest BCUT2D eigenvalue weighted by Crippen LogP contribution is -2.10. The Bertz CT molecular complexity index is 486. The van der Waals surface area contributed by atoms with Gasteiger partial charge in [0.2, 0.25) is 5.71 Å². The maximum Gasteiger partial charge on any atom is 0.418 e. The molecule has 0 saturated carbocycles. The third-order valence-electron chi connectivity index (χ3n) is 2.00. The Balaban J connectivity index is 2.35. The van der Waals surface area contributed by atoms with Crippen molar-refractivity contribution in [3.05, 3.63) is 28.4 Å². The van der Waals surface area contributed by atoms with E-state index >= 15 is 0 Å². The van der Waals surface area contributed by atoms with Crippen molar-refractivity contribution >= 4 is 11.2 Å². The third-order valence-corrected chi connectivity index (χ3v) is 2.00. The molecule has 0 atom stereocenters. The fraction of sp³-hybridized carbons (Fsp3) is 0.333. The minimum Gasteiger partial charge on any atom is -0.389 e. The van der Waals surface area contributed by atoms with E-state index in [-0.39, 0.29) is 0 Å². The second-order valence-corrected chi connectivity index (χ2v) is 3.06. The highest BCUT2D eigenvalue weighted by atomic mass is 16.4. The van der Waals surface area contributed by atoms with Crippen molar-refractivity contribution in [2.24, 2.45) is 0 Å². The van der Waals surface area contributed by atoms with Crippen LogP contribution in [0.1, 0.15) is 5.56 Å². The molecule has 0 amide bonds. The van der Waals surface area contributed by atoms with Crippen LogP contribution in [0.3, 0.4) is 0 Å². The van der Waals surface area contributed by atoms with Gasteiger partial charge in [0.05, 0.1) is 0 Å². The van der Waals surface area contributed by atoms with E-state index < -0.39 is 5.76 Å². The Labute approximate surface area is 80.2 Å². The van der Waals surface area contributed by atoms with Gasteiger partial charge in [0.15, 0.2) is 0 Å². The molecule has 0 aliphatic carbocycles. The van der Waals surface area contributed by atoms with E-state index in [1.165, 1.54) is 0 Å². The number of hydrogen-bond acceptors (Lipinski definition) is 4.